The molecule has 0 radical (unpaired) electrons. The van der Waals surface area contributed by atoms with E-state index in [4.69, 9.17) is 11.5 Å². The first-order chi connectivity index (χ1) is 16.4. The molecule has 4 fully saturated rings. The fourth-order valence-electron chi connectivity index (χ4n) is 6.40. The smallest absolute Gasteiger partial charge is 0.224 e. The quantitative estimate of drug-likeness (QED) is 0.331. The van der Waals surface area contributed by atoms with Crippen molar-refractivity contribution < 1.29 is 13.2 Å². The Balaban J connectivity index is 1.50. The van der Waals surface area contributed by atoms with E-state index in [9.17, 15) is 13.2 Å². The van der Waals surface area contributed by atoms with E-state index >= 15 is 0 Å². The molecule has 0 spiro atoms. The number of piperidine rings is 1. The molecule has 0 aromatic heterocycles. The van der Waals surface area contributed by atoms with Gasteiger partial charge in [-0.2, -0.15) is 0 Å². The minimum atomic E-state index is -3.35. The molecule has 10 nitrogen and oxygen atoms in total. The van der Waals surface area contributed by atoms with Gasteiger partial charge in [0.15, 0.2) is 0 Å². The predicted octanol–water partition coefficient (Wildman–Crippen LogP) is -0.0879. The summed E-state index contributed by atoms with van der Waals surface area (Å²) < 4.78 is 28.8. The van der Waals surface area contributed by atoms with Gasteiger partial charge in [-0.05, 0) is 56.3 Å². The van der Waals surface area contributed by atoms with Crippen molar-refractivity contribution in [2.45, 2.75) is 95.5 Å². The molecular weight excluding hydrogens is 466 g/mol. The Bertz CT molecular complexity index is 843. The second kappa shape index (κ2) is 10.9. The van der Waals surface area contributed by atoms with Crippen molar-refractivity contribution in [1.82, 2.24) is 25.2 Å². The highest BCUT2D eigenvalue weighted by molar-refractivity contribution is 7.89. The number of hydrogen-bond acceptors (Lipinski definition) is 8. The Morgan fingerprint density at radius 3 is 2.40 bits per heavy atom. The first kappa shape index (κ1) is 27.2. The van der Waals surface area contributed by atoms with E-state index < -0.39 is 21.2 Å². The van der Waals surface area contributed by atoms with Crippen LogP contribution in [-0.2, 0) is 14.8 Å². The van der Waals surface area contributed by atoms with E-state index in [1.165, 1.54) is 0 Å². The normalized spacial score (nSPS) is 38.5. The van der Waals surface area contributed by atoms with Crippen LogP contribution in [0, 0.1) is 17.3 Å². The summed E-state index contributed by atoms with van der Waals surface area (Å²) in [7, 11) is -3.35. The Hall–Kier alpha value is -0.820. The molecule has 1 aliphatic carbocycles. The number of nitrogens with two attached hydrogens (primary N) is 2. The van der Waals surface area contributed by atoms with Crippen LogP contribution in [0.2, 0.25) is 0 Å². The average molecular weight is 514 g/mol. The van der Waals surface area contributed by atoms with Gasteiger partial charge in [0, 0.05) is 44.8 Å². The third-order valence-electron chi connectivity index (χ3n) is 8.64. The van der Waals surface area contributed by atoms with Crippen LogP contribution in [0.25, 0.3) is 0 Å². The van der Waals surface area contributed by atoms with E-state index in [1.807, 2.05) is 0 Å². The third kappa shape index (κ3) is 6.37. The van der Waals surface area contributed by atoms with Crippen LogP contribution in [0.3, 0.4) is 0 Å². The highest BCUT2D eigenvalue weighted by Crippen LogP contribution is 2.41. The van der Waals surface area contributed by atoms with E-state index in [-0.39, 0.29) is 41.8 Å². The number of sulfonamides is 1. The first-order valence-corrected chi connectivity index (χ1v) is 15.0. The van der Waals surface area contributed by atoms with Gasteiger partial charge in [0.1, 0.15) is 6.29 Å². The van der Waals surface area contributed by atoms with Gasteiger partial charge in [0.05, 0.1) is 17.3 Å². The van der Waals surface area contributed by atoms with Crippen LogP contribution in [0.5, 0.6) is 0 Å². The van der Waals surface area contributed by atoms with Crippen molar-refractivity contribution in [3.8, 4) is 0 Å². The van der Waals surface area contributed by atoms with Crippen LogP contribution in [0.15, 0.2) is 0 Å². The Morgan fingerprint density at radius 2 is 1.77 bits per heavy atom. The largest absolute Gasteiger partial charge is 0.369 e. The molecule has 0 bridgehead atoms. The molecule has 35 heavy (non-hydrogen) atoms. The average Bonchev–Trinajstić information content (AvgIpc) is 3.34. The third-order valence-corrected chi connectivity index (χ3v) is 11.0. The first-order valence-electron chi connectivity index (χ1n) is 13.5. The SMILES string of the molecule is CC(C)(C)C1CC(NC2NC(N3CCC[C@H](N)C3)NCC2C(N)=O)CC(S(=O)(=O)N2CCCC2)C1. The molecule has 4 rings (SSSR count). The van der Waals surface area contributed by atoms with Crippen molar-refractivity contribution in [2.24, 2.45) is 28.7 Å². The van der Waals surface area contributed by atoms with Gasteiger partial charge in [0.25, 0.3) is 0 Å². The number of carbonyl (C=O) groups excluding carboxylic acids is 1. The number of primary amides is 1. The molecule has 11 heteroatoms. The monoisotopic (exact) mass is 513 g/mol. The molecule has 3 saturated heterocycles. The number of likely N-dealkylation sites (tertiary alicyclic amines) is 1. The van der Waals surface area contributed by atoms with Crippen LogP contribution < -0.4 is 27.4 Å². The van der Waals surface area contributed by atoms with Crippen molar-refractivity contribution in [3.05, 3.63) is 0 Å². The van der Waals surface area contributed by atoms with E-state index in [0.717, 1.165) is 45.2 Å². The van der Waals surface area contributed by atoms with Crippen LogP contribution in [0.4, 0.5) is 0 Å². The molecule has 1 amide bonds. The van der Waals surface area contributed by atoms with Crippen molar-refractivity contribution in [3.63, 3.8) is 0 Å². The maximum absolute atomic E-state index is 13.5. The second-order valence-corrected chi connectivity index (χ2v) is 14.5. The van der Waals surface area contributed by atoms with Crippen molar-refractivity contribution in [1.29, 1.82) is 0 Å². The van der Waals surface area contributed by atoms with Gasteiger partial charge in [0.2, 0.25) is 15.9 Å². The lowest BCUT2D eigenvalue weighted by atomic mass is 9.70. The summed E-state index contributed by atoms with van der Waals surface area (Å²) in [6.07, 6.45) is 5.66. The summed E-state index contributed by atoms with van der Waals surface area (Å²) in [5.74, 6) is -0.519. The summed E-state index contributed by atoms with van der Waals surface area (Å²) in [4.78, 5) is 14.6. The second-order valence-electron chi connectivity index (χ2n) is 12.3. The van der Waals surface area contributed by atoms with Gasteiger partial charge in [-0.1, -0.05) is 20.8 Å². The molecular formula is C24H47N7O3S. The maximum atomic E-state index is 13.5. The number of rotatable bonds is 6. The van der Waals surface area contributed by atoms with E-state index in [2.05, 4.69) is 41.6 Å². The number of nitrogens with one attached hydrogen (secondary N) is 3. The van der Waals surface area contributed by atoms with Gasteiger partial charge < -0.3 is 11.5 Å². The van der Waals surface area contributed by atoms with E-state index in [1.54, 1.807) is 4.31 Å². The molecule has 3 aliphatic heterocycles. The lowest BCUT2D eigenvalue weighted by molar-refractivity contribution is -0.124. The van der Waals surface area contributed by atoms with Crippen molar-refractivity contribution in [2.75, 3.05) is 32.7 Å². The molecule has 6 unspecified atom stereocenters. The highest BCUT2D eigenvalue weighted by atomic mass is 32.2. The number of nitrogens with zero attached hydrogens (tertiary/aromatic N) is 2. The van der Waals surface area contributed by atoms with Crippen LogP contribution in [-0.4, -0.2) is 86.0 Å². The zero-order valence-corrected chi connectivity index (χ0v) is 22.5. The molecule has 3 heterocycles. The van der Waals surface area contributed by atoms with Gasteiger partial charge >= 0.3 is 0 Å². The summed E-state index contributed by atoms with van der Waals surface area (Å²) in [5, 5.41) is 10.3. The number of carbonyl (C=O) groups is 1. The standard InChI is InChI=1S/C24H47N7O3S/c1-24(2,3)16-11-18(13-19(12-16)35(33,34)31-9-4-5-10-31)28-22-20(21(26)32)14-27-23(29-22)30-8-6-7-17(25)15-30/h16-20,22-23,27-29H,4-15,25H2,1-3H3,(H2,26,32)/t16?,17-,18?,19?,20?,22?,23?/m0/s1. The molecule has 202 valence electrons. The topological polar surface area (TPSA) is 146 Å². The number of amides is 1. The summed E-state index contributed by atoms with van der Waals surface area (Å²) in [6, 6.07) is 0.132. The van der Waals surface area contributed by atoms with Crippen LogP contribution >= 0.6 is 0 Å². The summed E-state index contributed by atoms with van der Waals surface area (Å²) in [6.45, 7) is 10.1. The van der Waals surface area contributed by atoms with Gasteiger partial charge in [-0.3, -0.25) is 25.6 Å². The zero-order chi connectivity index (χ0) is 25.4. The zero-order valence-electron chi connectivity index (χ0n) is 21.7. The summed E-state index contributed by atoms with van der Waals surface area (Å²) in [5.41, 5.74) is 12.0. The lowest BCUT2D eigenvalue weighted by Gasteiger charge is -2.47. The number of hydrogen-bond donors (Lipinski definition) is 5. The molecule has 4 aliphatic rings. The minimum absolute atomic E-state index is 0.00373. The summed E-state index contributed by atoms with van der Waals surface area (Å²) >= 11 is 0. The molecule has 7 atom stereocenters. The fraction of sp³-hybridized carbons (Fsp3) is 0.958. The Labute approximate surface area is 211 Å². The predicted molar refractivity (Wildman–Crippen MR) is 137 cm³/mol. The van der Waals surface area contributed by atoms with Gasteiger partial charge in [-0.15, -0.1) is 0 Å². The fourth-order valence-corrected chi connectivity index (χ4v) is 8.54. The Kier molecular flexibility index (Phi) is 8.47. The molecule has 7 N–H and O–H groups in total. The minimum Gasteiger partial charge on any atom is -0.369 e. The maximum Gasteiger partial charge on any atom is 0.224 e. The Morgan fingerprint density at radius 1 is 1.06 bits per heavy atom. The molecule has 1 saturated carbocycles. The highest BCUT2D eigenvalue weighted by Gasteiger charge is 2.45. The van der Waals surface area contributed by atoms with Gasteiger partial charge in [-0.25, -0.2) is 12.7 Å². The molecule has 0 aromatic carbocycles. The van der Waals surface area contributed by atoms with Crippen LogP contribution in [0.1, 0.15) is 65.7 Å². The molecule has 0 aromatic rings. The van der Waals surface area contributed by atoms with E-state index in [0.29, 0.717) is 32.5 Å². The lowest BCUT2D eigenvalue weighted by Crippen LogP contribution is -2.72. The van der Waals surface area contributed by atoms with Crippen molar-refractivity contribution >= 4 is 15.9 Å².